The molecule has 0 N–H and O–H groups in total. The Morgan fingerprint density at radius 1 is 1.33 bits per heavy atom. The molecule has 1 aliphatic rings. The van der Waals surface area contributed by atoms with Gasteiger partial charge in [-0.3, -0.25) is 9.69 Å². The van der Waals surface area contributed by atoms with E-state index in [1.54, 1.807) is 15.9 Å². The lowest BCUT2D eigenvalue weighted by Crippen LogP contribution is -2.49. The van der Waals surface area contributed by atoms with Crippen molar-refractivity contribution in [2.45, 2.75) is 12.8 Å². The van der Waals surface area contributed by atoms with Crippen molar-refractivity contribution < 1.29 is 13.6 Å². The summed E-state index contributed by atoms with van der Waals surface area (Å²) >= 11 is 0. The molecule has 0 bridgehead atoms. The number of alkyl halides is 2. The van der Waals surface area contributed by atoms with E-state index in [4.69, 9.17) is 5.26 Å². The highest BCUT2D eigenvalue weighted by molar-refractivity contribution is 5.78. The normalized spacial score (nSPS) is 17.9. The van der Waals surface area contributed by atoms with Crippen LogP contribution in [0.3, 0.4) is 0 Å². The number of piperazine rings is 1. The van der Waals surface area contributed by atoms with Crippen molar-refractivity contribution in [2.75, 3.05) is 32.7 Å². The first-order valence-electron chi connectivity index (χ1n) is 4.78. The van der Waals surface area contributed by atoms with Crippen LogP contribution in [0.5, 0.6) is 0 Å². The van der Waals surface area contributed by atoms with Gasteiger partial charge in [-0.25, -0.2) is 8.78 Å². The van der Waals surface area contributed by atoms with E-state index >= 15 is 0 Å². The molecule has 0 atom stereocenters. The van der Waals surface area contributed by atoms with Gasteiger partial charge in [0.15, 0.2) is 0 Å². The third-order valence-electron chi connectivity index (χ3n) is 2.35. The molecular weight excluding hydrogens is 204 g/mol. The second kappa shape index (κ2) is 5.61. The number of hydrogen-bond donors (Lipinski definition) is 0. The predicted molar refractivity (Wildman–Crippen MR) is 49.3 cm³/mol. The van der Waals surface area contributed by atoms with Crippen molar-refractivity contribution in [3.63, 3.8) is 0 Å². The zero-order valence-corrected chi connectivity index (χ0v) is 8.33. The molecule has 0 saturated carbocycles. The summed E-state index contributed by atoms with van der Waals surface area (Å²) < 4.78 is 24.1. The van der Waals surface area contributed by atoms with E-state index in [-0.39, 0.29) is 18.9 Å². The standard InChI is InChI=1S/C9H13F2N3O/c10-8(11)7-13-3-5-14(6-4-13)9(15)1-2-12/h8H,1,3-7H2. The minimum atomic E-state index is -2.33. The van der Waals surface area contributed by atoms with E-state index in [1.807, 2.05) is 0 Å². The number of nitrogens with zero attached hydrogens (tertiary/aromatic N) is 3. The number of halogens is 2. The van der Waals surface area contributed by atoms with Gasteiger partial charge in [0.05, 0.1) is 12.6 Å². The lowest BCUT2D eigenvalue weighted by Gasteiger charge is -2.34. The van der Waals surface area contributed by atoms with Crippen molar-refractivity contribution in [2.24, 2.45) is 0 Å². The summed E-state index contributed by atoms with van der Waals surface area (Å²) in [6.07, 6.45) is -2.46. The maximum atomic E-state index is 12.0. The van der Waals surface area contributed by atoms with Crippen molar-refractivity contribution in [3.8, 4) is 6.07 Å². The summed E-state index contributed by atoms with van der Waals surface area (Å²) in [6.45, 7) is 1.56. The van der Waals surface area contributed by atoms with Gasteiger partial charge in [-0.1, -0.05) is 0 Å². The minimum Gasteiger partial charge on any atom is -0.339 e. The molecule has 0 aromatic carbocycles. The first-order valence-corrected chi connectivity index (χ1v) is 4.78. The lowest BCUT2D eigenvalue weighted by molar-refractivity contribution is -0.132. The molecule has 1 saturated heterocycles. The summed E-state index contributed by atoms with van der Waals surface area (Å²) in [6, 6.07) is 1.78. The van der Waals surface area contributed by atoms with Crippen molar-refractivity contribution in [1.82, 2.24) is 9.80 Å². The molecule has 0 aromatic rings. The first-order chi connectivity index (χ1) is 7.13. The largest absolute Gasteiger partial charge is 0.339 e. The fourth-order valence-corrected chi connectivity index (χ4v) is 1.55. The average Bonchev–Trinajstić information content (AvgIpc) is 2.18. The van der Waals surface area contributed by atoms with E-state index in [1.165, 1.54) is 0 Å². The molecule has 4 nitrogen and oxygen atoms in total. The number of nitriles is 1. The van der Waals surface area contributed by atoms with Crippen LogP contribution in [0, 0.1) is 11.3 Å². The number of rotatable bonds is 3. The van der Waals surface area contributed by atoms with Gasteiger partial charge in [0.25, 0.3) is 6.43 Å². The second-order valence-electron chi connectivity index (χ2n) is 3.41. The monoisotopic (exact) mass is 217 g/mol. The van der Waals surface area contributed by atoms with Gasteiger partial charge < -0.3 is 4.90 Å². The Balaban J connectivity index is 2.30. The molecule has 0 spiro atoms. The fourth-order valence-electron chi connectivity index (χ4n) is 1.55. The molecule has 6 heteroatoms. The number of carbonyl (C=O) groups is 1. The van der Waals surface area contributed by atoms with Crippen LogP contribution < -0.4 is 0 Å². The Labute approximate surface area is 87.1 Å². The van der Waals surface area contributed by atoms with E-state index in [9.17, 15) is 13.6 Å². The van der Waals surface area contributed by atoms with Crippen LogP contribution in [0.25, 0.3) is 0 Å². The van der Waals surface area contributed by atoms with Gasteiger partial charge in [-0.15, -0.1) is 0 Å². The van der Waals surface area contributed by atoms with Gasteiger partial charge in [0.1, 0.15) is 6.42 Å². The second-order valence-corrected chi connectivity index (χ2v) is 3.41. The first kappa shape index (κ1) is 11.9. The Morgan fingerprint density at radius 2 is 1.93 bits per heavy atom. The molecular formula is C9H13F2N3O. The quantitative estimate of drug-likeness (QED) is 0.683. The molecule has 84 valence electrons. The molecule has 1 aliphatic heterocycles. The Morgan fingerprint density at radius 3 is 2.40 bits per heavy atom. The molecule has 0 unspecified atom stereocenters. The SMILES string of the molecule is N#CCC(=O)N1CCN(CC(F)F)CC1. The zero-order valence-electron chi connectivity index (χ0n) is 8.33. The van der Waals surface area contributed by atoms with E-state index in [0.717, 1.165) is 0 Å². The third kappa shape index (κ3) is 3.80. The Hall–Kier alpha value is -1.22. The number of hydrogen-bond acceptors (Lipinski definition) is 3. The average molecular weight is 217 g/mol. The summed E-state index contributed by atoms with van der Waals surface area (Å²) in [5.74, 6) is -0.214. The van der Waals surface area contributed by atoms with Gasteiger partial charge in [0, 0.05) is 26.2 Å². The topological polar surface area (TPSA) is 47.3 Å². The molecule has 15 heavy (non-hydrogen) atoms. The molecule has 0 radical (unpaired) electrons. The summed E-state index contributed by atoms with van der Waals surface area (Å²) in [5.41, 5.74) is 0. The predicted octanol–water partition coefficient (Wildman–Crippen LogP) is 0.309. The zero-order chi connectivity index (χ0) is 11.3. The smallest absolute Gasteiger partial charge is 0.251 e. The lowest BCUT2D eigenvalue weighted by atomic mass is 10.3. The maximum Gasteiger partial charge on any atom is 0.251 e. The highest BCUT2D eigenvalue weighted by Gasteiger charge is 2.22. The maximum absolute atomic E-state index is 12.0. The molecule has 1 fully saturated rings. The van der Waals surface area contributed by atoms with Crippen molar-refractivity contribution in [1.29, 1.82) is 5.26 Å². The Kier molecular flexibility index (Phi) is 4.43. The highest BCUT2D eigenvalue weighted by atomic mass is 19.3. The van der Waals surface area contributed by atoms with Gasteiger partial charge in [-0.2, -0.15) is 5.26 Å². The molecule has 1 amide bonds. The number of carbonyl (C=O) groups excluding carboxylic acids is 1. The summed E-state index contributed by atoms with van der Waals surface area (Å²) in [7, 11) is 0. The molecule has 0 aliphatic carbocycles. The minimum absolute atomic E-state index is 0.130. The van der Waals surface area contributed by atoms with Crippen molar-refractivity contribution >= 4 is 5.91 Å². The van der Waals surface area contributed by atoms with Crippen LogP contribution >= 0.6 is 0 Å². The van der Waals surface area contributed by atoms with Crippen LogP contribution in [-0.4, -0.2) is 54.9 Å². The van der Waals surface area contributed by atoms with Crippen molar-refractivity contribution in [3.05, 3.63) is 0 Å². The van der Waals surface area contributed by atoms with E-state index < -0.39 is 6.43 Å². The third-order valence-corrected chi connectivity index (χ3v) is 2.35. The Bertz CT molecular complexity index is 257. The van der Waals surface area contributed by atoms with Gasteiger partial charge in [0.2, 0.25) is 5.91 Å². The van der Waals surface area contributed by atoms with Crippen LogP contribution in [-0.2, 0) is 4.79 Å². The number of amides is 1. The van der Waals surface area contributed by atoms with E-state index in [2.05, 4.69) is 0 Å². The summed E-state index contributed by atoms with van der Waals surface area (Å²) in [4.78, 5) is 14.4. The fraction of sp³-hybridized carbons (Fsp3) is 0.778. The van der Waals surface area contributed by atoms with Gasteiger partial charge >= 0.3 is 0 Å². The van der Waals surface area contributed by atoms with Gasteiger partial charge in [-0.05, 0) is 0 Å². The summed E-state index contributed by atoms with van der Waals surface area (Å²) in [5, 5.41) is 8.33. The van der Waals surface area contributed by atoms with Crippen LogP contribution in [0.1, 0.15) is 6.42 Å². The molecule has 1 rings (SSSR count). The van der Waals surface area contributed by atoms with Crippen LogP contribution in [0.2, 0.25) is 0 Å². The highest BCUT2D eigenvalue weighted by Crippen LogP contribution is 2.05. The molecule has 0 aromatic heterocycles. The van der Waals surface area contributed by atoms with E-state index in [0.29, 0.717) is 26.2 Å². The van der Waals surface area contributed by atoms with Crippen LogP contribution in [0.15, 0.2) is 0 Å². The van der Waals surface area contributed by atoms with Crippen LogP contribution in [0.4, 0.5) is 8.78 Å². The molecule has 1 heterocycles.